The molecule has 0 bridgehead atoms. The fourth-order valence-corrected chi connectivity index (χ4v) is 1.67. The highest BCUT2D eigenvalue weighted by Crippen LogP contribution is 2.17. The van der Waals surface area contributed by atoms with Crippen molar-refractivity contribution < 1.29 is 24.6 Å². The number of carbonyl (C=O) groups is 3. The van der Waals surface area contributed by atoms with E-state index in [0.717, 1.165) is 5.56 Å². The third-order valence-corrected chi connectivity index (χ3v) is 2.76. The zero-order valence-corrected chi connectivity index (χ0v) is 11.2. The lowest BCUT2D eigenvalue weighted by Crippen LogP contribution is -2.47. The molecule has 7 heteroatoms. The lowest BCUT2D eigenvalue weighted by molar-refractivity contribution is -0.145. The number of para-hydroxylation sites is 1. The molecular weight excluding hydrogens is 264 g/mol. The van der Waals surface area contributed by atoms with Crippen LogP contribution in [0.1, 0.15) is 12.0 Å². The van der Waals surface area contributed by atoms with Crippen molar-refractivity contribution >= 4 is 23.7 Å². The molecule has 1 rings (SSSR count). The number of benzene rings is 1. The fraction of sp³-hybridized carbons (Fsp3) is 0.308. The second kappa shape index (κ2) is 6.55. The standard InChI is InChI=1S/C13H16N2O5/c1-8-5-3-4-6-10(8)15(2)13(20)14-9(12(18)19)7-11(16)17/h3-6,9H,7H2,1-2H3,(H,14,20)(H,16,17)(H,18,19). The summed E-state index contributed by atoms with van der Waals surface area (Å²) < 4.78 is 0. The van der Waals surface area contributed by atoms with Crippen molar-refractivity contribution in [3.63, 3.8) is 0 Å². The van der Waals surface area contributed by atoms with Crippen LogP contribution >= 0.6 is 0 Å². The van der Waals surface area contributed by atoms with E-state index < -0.39 is 30.4 Å². The predicted molar refractivity (Wildman–Crippen MR) is 71.8 cm³/mol. The molecule has 20 heavy (non-hydrogen) atoms. The second-order valence-corrected chi connectivity index (χ2v) is 4.28. The molecule has 0 saturated heterocycles. The maximum Gasteiger partial charge on any atom is 0.326 e. The highest BCUT2D eigenvalue weighted by Gasteiger charge is 2.25. The summed E-state index contributed by atoms with van der Waals surface area (Å²) in [6.45, 7) is 1.81. The molecule has 0 spiro atoms. The van der Waals surface area contributed by atoms with E-state index in [2.05, 4.69) is 5.32 Å². The van der Waals surface area contributed by atoms with Crippen LogP contribution in [0.15, 0.2) is 24.3 Å². The third-order valence-electron chi connectivity index (χ3n) is 2.76. The molecule has 0 fully saturated rings. The minimum Gasteiger partial charge on any atom is -0.481 e. The average Bonchev–Trinajstić information content (AvgIpc) is 2.37. The van der Waals surface area contributed by atoms with E-state index in [1.165, 1.54) is 11.9 Å². The molecular formula is C13H16N2O5. The average molecular weight is 280 g/mol. The van der Waals surface area contributed by atoms with Crippen molar-refractivity contribution in [3.8, 4) is 0 Å². The maximum absolute atomic E-state index is 12.0. The molecule has 0 aliphatic rings. The number of carbonyl (C=O) groups excluding carboxylic acids is 1. The van der Waals surface area contributed by atoms with Crippen LogP contribution in [0.5, 0.6) is 0 Å². The molecule has 0 aromatic heterocycles. The Morgan fingerprint density at radius 1 is 1.25 bits per heavy atom. The van der Waals surface area contributed by atoms with Gasteiger partial charge in [-0.25, -0.2) is 9.59 Å². The molecule has 7 nitrogen and oxygen atoms in total. The highest BCUT2D eigenvalue weighted by molar-refractivity contribution is 5.95. The summed E-state index contributed by atoms with van der Waals surface area (Å²) in [5, 5.41) is 19.7. The molecule has 3 N–H and O–H groups in total. The van der Waals surface area contributed by atoms with Crippen LogP contribution in [0.2, 0.25) is 0 Å². The van der Waals surface area contributed by atoms with Crippen LogP contribution in [0.25, 0.3) is 0 Å². The molecule has 0 radical (unpaired) electrons. The summed E-state index contributed by atoms with van der Waals surface area (Å²) in [7, 11) is 1.48. The van der Waals surface area contributed by atoms with E-state index in [9.17, 15) is 14.4 Å². The van der Waals surface area contributed by atoms with Gasteiger partial charge >= 0.3 is 18.0 Å². The smallest absolute Gasteiger partial charge is 0.326 e. The monoisotopic (exact) mass is 280 g/mol. The Balaban J connectivity index is 2.81. The Morgan fingerprint density at radius 2 is 1.85 bits per heavy atom. The summed E-state index contributed by atoms with van der Waals surface area (Å²) in [5.41, 5.74) is 1.46. The SMILES string of the molecule is Cc1ccccc1N(C)C(=O)NC(CC(=O)O)C(=O)O. The van der Waals surface area contributed by atoms with Gasteiger partial charge in [-0.3, -0.25) is 9.69 Å². The zero-order chi connectivity index (χ0) is 15.3. The van der Waals surface area contributed by atoms with Gasteiger partial charge in [0.2, 0.25) is 0 Å². The summed E-state index contributed by atoms with van der Waals surface area (Å²) in [4.78, 5) is 34.7. The lowest BCUT2D eigenvalue weighted by atomic mass is 10.2. The number of aliphatic carboxylic acids is 2. The number of hydrogen-bond donors (Lipinski definition) is 3. The first-order chi connectivity index (χ1) is 9.32. The first-order valence-corrected chi connectivity index (χ1v) is 5.87. The van der Waals surface area contributed by atoms with Gasteiger partial charge in [0.05, 0.1) is 6.42 Å². The molecule has 0 aliphatic heterocycles. The quantitative estimate of drug-likeness (QED) is 0.747. The van der Waals surface area contributed by atoms with Gasteiger partial charge in [-0.1, -0.05) is 18.2 Å². The highest BCUT2D eigenvalue weighted by atomic mass is 16.4. The lowest BCUT2D eigenvalue weighted by Gasteiger charge is -2.22. The first kappa shape index (κ1) is 15.5. The van der Waals surface area contributed by atoms with E-state index in [4.69, 9.17) is 10.2 Å². The molecule has 1 unspecified atom stereocenters. The first-order valence-electron chi connectivity index (χ1n) is 5.87. The van der Waals surface area contributed by atoms with Crippen LogP contribution in [0.4, 0.5) is 10.5 Å². The number of nitrogens with one attached hydrogen (secondary N) is 1. The van der Waals surface area contributed by atoms with Gasteiger partial charge in [0.15, 0.2) is 0 Å². The van der Waals surface area contributed by atoms with Crippen LogP contribution in [-0.4, -0.2) is 41.3 Å². The Hall–Kier alpha value is -2.57. The van der Waals surface area contributed by atoms with Crippen LogP contribution in [-0.2, 0) is 9.59 Å². The van der Waals surface area contributed by atoms with Crippen molar-refractivity contribution in [2.75, 3.05) is 11.9 Å². The molecule has 2 amide bonds. The predicted octanol–water partition coefficient (Wildman–Crippen LogP) is 1.07. The summed E-state index contributed by atoms with van der Waals surface area (Å²) in [5.74, 6) is -2.69. The van der Waals surface area contributed by atoms with Gasteiger partial charge < -0.3 is 15.5 Å². The minimum absolute atomic E-state index is 0.615. The molecule has 1 atom stereocenters. The molecule has 1 aromatic carbocycles. The van der Waals surface area contributed by atoms with Gasteiger partial charge in [-0.05, 0) is 18.6 Å². The van der Waals surface area contributed by atoms with Crippen LogP contribution in [0, 0.1) is 6.92 Å². The molecule has 1 aromatic rings. The van der Waals surface area contributed by atoms with Crippen molar-refractivity contribution in [1.29, 1.82) is 0 Å². The summed E-state index contributed by atoms with van der Waals surface area (Å²) in [6.07, 6.45) is -0.678. The molecule has 0 aliphatic carbocycles. The molecule has 0 saturated carbocycles. The van der Waals surface area contributed by atoms with E-state index in [1.54, 1.807) is 12.1 Å². The number of rotatable bonds is 5. The van der Waals surface area contributed by atoms with E-state index in [0.29, 0.717) is 5.69 Å². The summed E-state index contributed by atoms with van der Waals surface area (Å²) >= 11 is 0. The Morgan fingerprint density at radius 3 is 2.35 bits per heavy atom. The third kappa shape index (κ3) is 3.98. The minimum atomic E-state index is -1.47. The van der Waals surface area contributed by atoms with Crippen LogP contribution < -0.4 is 10.2 Å². The van der Waals surface area contributed by atoms with Gasteiger partial charge in [0, 0.05) is 12.7 Å². The van der Waals surface area contributed by atoms with Gasteiger partial charge in [-0.15, -0.1) is 0 Å². The second-order valence-electron chi connectivity index (χ2n) is 4.28. The van der Waals surface area contributed by atoms with Crippen molar-refractivity contribution in [3.05, 3.63) is 29.8 Å². The van der Waals surface area contributed by atoms with Crippen molar-refractivity contribution in [2.24, 2.45) is 0 Å². The zero-order valence-electron chi connectivity index (χ0n) is 11.2. The Labute approximate surface area is 115 Å². The fourth-order valence-electron chi connectivity index (χ4n) is 1.67. The van der Waals surface area contributed by atoms with E-state index in [1.807, 2.05) is 19.1 Å². The van der Waals surface area contributed by atoms with Crippen LogP contribution in [0.3, 0.4) is 0 Å². The number of amides is 2. The Kier molecular flexibility index (Phi) is 5.08. The normalized spacial score (nSPS) is 11.5. The molecule has 0 heterocycles. The number of carboxylic acid groups (broad SMARTS) is 2. The van der Waals surface area contributed by atoms with Gasteiger partial charge in [-0.2, -0.15) is 0 Å². The van der Waals surface area contributed by atoms with Crippen molar-refractivity contribution in [1.82, 2.24) is 5.32 Å². The van der Waals surface area contributed by atoms with Gasteiger partial charge in [0.25, 0.3) is 0 Å². The number of nitrogens with zero attached hydrogens (tertiary/aromatic N) is 1. The number of anilines is 1. The van der Waals surface area contributed by atoms with Crippen molar-refractivity contribution in [2.45, 2.75) is 19.4 Å². The van der Waals surface area contributed by atoms with E-state index in [-0.39, 0.29) is 0 Å². The number of carboxylic acids is 2. The number of hydrogen-bond acceptors (Lipinski definition) is 3. The number of urea groups is 1. The summed E-state index contributed by atoms with van der Waals surface area (Å²) in [6, 6.07) is 4.94. The Bertz CT molecular complexity index is 529. The number of aryl methyl sites for hydroxylation is 1. The topological polar surface area (TPSA) is 107 Å². The van der Waals surface area contributed by atoms with E-state index >= 15 is 0 Å². The largest absolute Gasteiger partial charge is 0.481 e. The molecule has 108 valence electrons. The maximum atomic E-state index is 12.0. The van der Waals surface area contributed by atoms with Gasteiger partial charge in [0.1, 0.15) is 6.04 Å².